The van der Waals surface area contributed by atoms with Crippen LogP contribution in [0.3, 0.4) is 0 Å². The first-order chi connectivity index (χ1) is 39.7. The molecule has 1 unspecified atom stereocenters. The smallest absolute Gasteiger partial charge is 0.404 e. The van der Waals surface area contributed by atoms with Gasteiger partial charge in [0.15, 0.2) is 6.29 Å². The maximum absolute atomic E-state index is 15.3. The zero-order valence-electron chi connectivity index (χ0n) is 52.7. The van der Waals surface area contributed by atoms with E-state index in [1.165, 1.54) is 0 Å². The summed E-state index contributed by atoms with van der Waals surface area (Å²) in [6.45, 7) is 27.3. The van der Waals surface area contributed by atoms with Gasteiger partial charge in [0, 0.05) is 100 Å². The number of rotatable bonds is 19. The summed E-state index contributed by atoms with van der Waals surface area (Å²) >= 11 is 0. The molecule has 84 heavy (non-hydrogen) atoms. The van der Waals surface area contributed by atoms with Gasteiger partial charge < -0.3 is 64.1 Å². The van der Waals surface area contributed by atoms with Gasteiger partial charge in [-0.1, -0.05) is 89.2 Å². The third-order valence-electron chi connectivity index (χ3n) is 20.0. The van der Waals surface area contributed by atoms with Crippen LogP contribution >= 0.6 is 0 Å². The van der Waals surface area contributed by atoms with E-state index in [1.807, 2.05) is 104 Å². The summed E-state index contributed by atoms with van der Waals surface area (Å²) in [5.74, 6) is -3.14. The number of methoxy groups -OCH3 is 3. The number of ether oxygens (including phenoxy) is 9. The lowest BCUT2D eigenvalue weighted by Gasteiger charge is -2.52. The lowest BCUT2D eigenvalue weighted by molar-refractivity contribution is -0.278. The van der Waals surface area contributed by atoms with Crippen LogP contribution in [0.25, 0.3) is 11.1 Å². The van der Waals surface area contributed by atoms with Gasteiger partial charge in [0.25, 0.3) is 0 Å². The fourth-order valence-electron chi connectivity index (χ4n) is 14.4. The van der Waals surface area contributed by atoms with Crippen LogP contribution in [0.5, 0.6) is 0 Å². The molecule has 5 N–H and O–H groups in total. The SMILES string of the molecule is C=C1[C@H](C)C[C@@](C)(OC)[C@H](O[C@H]2C[C@@H](N(C)CCc3cn([C@H](CF)[C@H](OC)c4ccc(-c5ccc(C)nc5)cc4)nn3)C[C@@H](C)O2)[C@@H](C)C([C@H]2C[C@@](C)(OC)[C@@H](O)[C@H](C)O2)[C@@H](C)C(=O)O[C@H](CC)[C@@H](OC(N)=O)[C@@](C)(C[C@H]2COC[C@H]2N)[C@H]1C. The number of carbonyl (C=O) groups is 2. The van der Waals surface area contributed by atoms with Crippen molar-refractivity contribution in [3.8, 4) is 11.1 Å². The molecule has 4 aliphatic rings. The first-order valence-electron chi connectivity index (χ1n) is 30.4. The Kier molecular flexibility index (Phi) is 22.8. The molecule has 2 aromatic heterocycles. The molecule has 3 aromatic rings. The Balaban J connectivity index is 1.18. The molecule has 0 aliphatic carbocycles. The number of hydrogen-bond donors (Lipinski definition) is 3. The second-order valence-electron chi connectivity index (χ2n) is 25.8. The Bertz CT molecular complexity index is 2620. The first-order valence-corrected chi connectivity index (χ1v) is 30.4. The average molecular weight is 1180 g/mol. The van der Waals surface area contributed by atoms with E-state index in [2.05, 4.69) is 48.0 Å². The van der Waals surface area contributed by atoms with E-state index in [4.69, 9.17) is 60.7 Å². The minimum atomic E-state index is -1.05. The monoisotopic (exact) mass is 1180 g/mol. The van der Waals surface area contributed by atoms with Crippen LogP contribution in [0.15, 0.2) is 60.9 Å². The minimum Gasteiger partial charge on any atom is -0.458 e. The number of likely N-dealkylation sites (N-methyl/N-ethyl adjacent to an activating group) is 1. The number of halogens is 1. The normalized spacial score (nSPS) is 37.3. The summed E-state index contributed by atoms with van der Waals surface area (Å²) in [7, 11) is 6.93. The average Bonchev–Trinajstić information content (AvgIpc) is 3.77. The van der Waals surface area contributed by atoms with Crippen LogP contribution in [-0.2, 0) is 53.8 Å². The molecule has 1 amide bonds. The van der Waals surface area contributed by atoms with Gasteiger partial charge in [-0.15, -0.1) is 5.10 Å². The molecule has 21 atom stereocenters. The maximum Gasteiger partial charge on any atom is 0.404 e. The molecule has 20 heteroatoms. The van der Waals surface area contributed by atoms with E-state index in [9.17, 15) is 9.90 Å². The Hall–Kier alpha value is -4.48. The molecule has 0 radical (unpaired) electrons. The van der Waals surface area contributed by atoms with Crippen molar-refractivity contribution in [2.45, 2.75) is 206 Å². The fourth-order valence-corrected chi connectivity index (χ4v) is 14.4. The number of hydrogen-bond acceptors (Lipinski definition) is 17. The second kappa shape index (κ2) is 28.6. The number of carbonyl (C=O) groups excluding carboxylic acids is 2. The Morgan fingerprint density at radius 3 is 2.25 bits per heavy atom. The van der Waals surface area contributed by atoms with Gasteiger partial charge in [-0.2, -0.15) is 0 Å². The van der Waals surface area contributed by atoms with Gasteiger partial charge in [0.1, 0.15) is 37.1 Å². The Labute approximate surface area is 498 Å². The molecule has 4 saturated heterocycles. The summed E-state index contributed by atoms with van der Waals surface area (Å²) in [6.07, 6.45) is -0.557. The number of benzene rings is 1. The summed E-state index contributed by atoms with van der Waals surface area (Å²) in [5.41, 5.74) is 14.9. The van der Waals surface area contributed by atoms with E-state index in [0.29, 0.717) is 57.6 Å². The second-order valence-corrected chi connectivity index (χ2v) is 25.8. The molecule has 4 aliphatic heterocycles. The number of aliphatic hydroxyl groups excluding tert-OH is 1. The summed E-state index contributed by atoms with van der Waals surface area (Å²) in [5, 5.41) is 20.5. The zero-order valence-corrected chi connectivity index (χ0v) is 52.7. The number of aryl methyl sites for hydroxylation is 1. The van der Waals surface area contributed by atoms with Crippen molar-refractivity contribution in [2.75, 3.05) is 54.8 Å². The highest BCUT2D eigenvalue weighted by Crippen LogP contribution is 2.51. The highest BCUT2D eigenvalue weighted by atomic mass is 19.1. The maximum atomic E-state index is 15.3. The van der Waals surface area contributed by atoms with Crippen LogP contribution in [-0.4, -0.2) is 169 Å². The lowest BCUT2D eigenvalue weighted by atomic mass is 9.61. The number of allylic oxidation sites excluding steroid dienone is 1. The molecule has 4 fully saturated rings. The summed E-state index contributed by atoms with van der Waals surface area (Å²) in [6, 6.07) is 10.9. The number of esters is 1. The first kappa shape index (κ1) is 67.0. The number of aromatic nitrogens is 4. The Morgan fingerprint density at radius 1 is 0.964 bits per heavy atom. The quantitative estimate of drug-likeness (QED) is 0.0750. The van der Waals surface area contributed by atoms with Crippen molar-refractivity contribution < 1.29 is 61.7 Å². The molecule has 6 heterocycles. The highest BCUT2D eigenvalue weighted by molar-refractivity contribution is 5.73. The molecule has 19 nitrogen and oxygen atoms in total. The number of aliphatic hydroxyl groups is 1. The largest absolute Gasteiger partial charge is 0.458 e. The van der Waals surface area contributed by atoms with Crippen LogP contribution in [0.1, 0.15) is 137 Å². The van der Waals surface area contributed by atoms with Crippen LogP contribution < -0.4 is 11.5 Å². The molecule has 470 valence electrons. The van der Waals surface area contributed by atoms with Gasteiger partial charge in [-0.25, -0.2) is 13.9 Å². The molecule has 7 rings (SSSR count). The van der Waals surface area contributed by atoms with E-state index in [-0.39, 0.29) is 42.4 Å². The van der Waals surface area contributed by atoms with Crippen LogP contribution in [0.4, 0.5) is 9.18 Å². The predicted molar refractivity (Wildman–Crippen MR) is 317 cm³/mol. The summed E-state index contributed by atoms with van der Waals surface area (Å²) < 4.78 is 75.2. The minimum absolute atomic E-state index is 0.0137. The number of primary amides is 1. The third-order valence-corrected chi connectivity index (χ3v) is 20.0. The number of cyclic esters (lactones) is 1. The highest BCUT2D eigenvalue weighted by Gasteiger charge is 2.56. The fraction of sp³-hybridized carbons (Fsp3) is 0.734. The lowest BCUT2D eigenvalue weighted by Crippen LogP contribution is -2.61. The topological polar surface area (TPSA) is 236 Å². The molecular formula is C64H100FN7O12. The summed E-state index contributed by atoms with van der Waals surface area (Å²) in [4.78, 5) is 35.1. The number of amides is 1. The van der Waals surface area contributed by atoms with E-state index < -0.39 is 108 Å². The van der Waals surface area contributed by atoms with Crippen molar-refractivity contribution in [1.29, 1.82) is 0 Å². The van der Waals surface area contributed by atoms with E-state index in [1.54, 1.807) is 26.0 Å². The standard InChI is InChI=1S/C64H100FN7O12/c1-17-52-59(84-61(67)75)62(10,29-47-34-79-35-50(47)66)42(8)39(5)36(2)28-64(12,78-16)58(40(6)55(41(7)60(74)82-52)53-30-63(11,77-15)57(73)43(9)81-53)83-54-27-49(26-38(4)80-54)71(13)25-24-48-33-72(70-69-48)51(31-65)56(76-14)45-22-20-44(21-23-45)46-19-18-37(3)68-32-46/h18-23,32-33,36,38,40-43,47,49-59,73H,5,17,24-31,34-35,66H2,1-4,6-16H3,(H2,67,75)/t36-,38-,40+,41-,42+,43+,47+,49+,50-,51-,52-,53-,54+,55?,56-,57+,58-,59-,62+,63-,64-/m1/s1. The Morgan fingerprint density at radius 2 is 1.65 bits per heavy atom. The van der Waals surface area contributed by atoms with Crippen molar-refractivity contribution in [2.24, 2.45) is 52.4 Å². The number of alkyl halides is 1. The van der Waals surface area contributed by atoms with Crippen molar-refractivity contribution in [1.82, 2.24) is 24.9 Å². The number of pyridine rings is 1. The van der Waals surface area contributed by atoms with E-state index >= 15 is 9.18 Å². The van der Waals surface area contributed by atoms with Crippen molar-refractivity contribution in [3.63, 3.8) is 0 Å². The predicted octanol–water partition coefficient (Wildman–Crippen LogP) is 8.92. The molecule has 0 bridgehead atoms. The molecular weight excluding hydrogens is 1080 g/mol. The van der Waals surface area contributed by atoms with Gasteiger partial charge in [0.2, 0.25) is 0 Å². The molecule has 1 aromatic carbocycles. The molecule has 0 saturated carbocycles. The van der Waals surface area contributed by atoms with Crippen molar-refractivity contribution >= 4 is 12.1 Å². The van der Waals surface area contributed by atoms with Gasteiger partial charge in [0.05, 0.1) is 60.4 Å². The number of nitrogens with two attached hydrogens (primary N) is 2. The van der Waals surface area contributed by atoms with Gasteiger partial charge in [-0.05, 0) is 102 Å². The van der Waals surface area contributed by atoms with Gasteiger partial charge >= 0.3 is 12.1 Å². The van der Waals surface area contributed by atoms with E-state index in [0.717, 1.165) is 34.4 Å². The number of nitrogens with zero attached hydrogens (tertiary/aromatic N) is 5. The third kappa shape index (κ3) is 14.9. The van der Waals surface area contributed by atoms with Crippen LogP contribution in [0, 0.1) is 47.8 Å². The van der Waals surface area contributed by atoms with Crippen molar-refractivity contribution in [3.05, 3.63) is 77.9 Å². The zero-order chi connectivity index (χ0) is 61.6. The van der Waals surface area contributed by atoms with Gasteiger partial charge in [-0.3, -0.25) is 9.78 Å². The molecule has 0 spiro atoms. The van der Waals surface area contributed by atoms with Crippen LogP contribution in [0.2, 0.25) is 0 Å².